The van der Waals surface area contributed by atoms with Crippen molar-refractivity contribution in [2.75, 3.05) is 25.0 Å². The smallest absolute Gasteiger partial charge is 0.308 e. The van der Waals surface area contributed by atoms with E-state index < -0.39 is 5.97 Å². The largest absolute Gasteiger partial charge is 0.426 e. The van der Waals surface area contributed by atoms with Gasteiger partial charge >= 0.3 is 5.97 Å². The molecule has 1 heterocycles. The van der Waals surface area contributed by atoms with Crippen LogP contribution in [0.15, 0.2) is 48.5 Å². The lowest BCUT2D eigenvalue weighted by Crippen LogP contribution is -2.48. The zero-order valence-electron chi connectivity index (χ0n) is 20.0. The van der Waals surface area contributed by atoms with Crippen molar-refractivity contribution in [1.29, 1.82) is 0 Å². The summed E-state index contributed by atoms with van der Waals surface area (Å²) in [5.74, 6) is -0.576. The van der Waals surface area contributed by atoms with E-state index in [1.807, 2.05) is 0 Å². The van der Waals surface area contributed by atoms with Gasteiger partial charge in [-0.3, -0.25) is 14.4 Å². The molecule has 4 rings (SSSR count). The third kappa shape index (κ3) is 5.83. The number of hydrogen-bond donors (Lipinski definition) is 1. The highest BCUT2D eigenvalue weighted by Gasteiger charge is 2.38. The molecule has 180 valence electrons. The van der Waals surface area contributed by atoms with Gasteiger partial charge < -0.3 is 19.9 Å². The zero-order valence-corrected chi connectivity index (χ0v) is 20.0. The predicted molar refractivity (Wildman–Crippen MR) is 131 cm³/mol. The van der Waals surface area contributed by atoms with Crippen molar-refractivity contribution in [1.82, 2.24) is 9.80 Å². The lowest BCUT2D eigenvalue weighted by atomic mass is 10.0. The van der Waals surface area contributed by atoms with Gasteiger partial charge in [-0.2, -0.15) is 0 Å². The molecule has 2 aromatic carbocycles. The standard InChI is InChI=1S/C27H33N3O4/c1-3-16-29-17-14-23(15-18-29)30(22-12-13-22)27(33)20-8-10-21(11-9-20)28-26(32)24-6-4-5-7-25(24)34-19(2)31/h4-11,22-23H,3,12-18H2,1-2H3,(H,28,32). The second-order valence-corrected chi connectivity index (χ2v) is 9.14. The highest BCUT2D eigenvalue weighted by atomic mass is 16.5. The van der Waals surface area contributed by atoms with Crippen LogP contribution < -0.4 is 10.1 Å². The Morgan fingerprint density at radius 3 is 2.24 bits per heavy atom. The van der Waals surface area contributed by atoms with Gasteiger partial charge in [0.2, 0.25) is 0 Å². The summed E-state index contributed by atoms with van der Waals surface area (Å²) >= 11 is 0. The Bertz CT molecular complexity index is 1020. The second kappa shape index (κ2) is 10.8. The number of amides is 2. The average Bonchev–Trinajstić information content (AvgIpc) is 3.66. The van der Waals surface area contributed by atoms with Crippen LogP contribution in [0.1, 0.15) is 66.7 Å². The molecule has 7 nitrogen and oxygen atoms in total. The van der Waals surface area contributed by atoms with Crippen LogP contribution in [-0.2, 0) is 4.79 Å². The molecule has 0 radical (unpaired) electrons. The van der Waals surface area contributed by atoms with Crippen molar-refractivity contribution < 1.29 is 19.1 Å². The molecule has 1 aliphatic carbocycles. The number of para-hydroxylation sites is 1. The number of anilines is 1. The molecule has 1 saturated heterocycles. The van der Waals surface area contributed by atoms with E-state index >= 15 is 0 Å². The fourth-order valence-electron chi connectivity index (χ4n) is 4.66. The fourth-order valence-corrected chi connectivity index (χ4v) is 4.66. The number of carbonyl (C=O) groups excluding carboxylic acids is 3. The summed E-state index contributed by atoms with van der Waals surface area (Å²) in [6, 6.07) is 14.3. The first kappa shape index (κ1) is 24.0. The number of nitrogens with one attached hydrogen (secondary N) is 1. The van der Waals surface area contributed by atoms with Crippen LogP contribution in [0, 0.1) is 0 Å². The normalized spacial score (nSPS) is 16.6. The fraction of sp³-hybridized carbons (Fsp3) is 0.444. The molecule has 0 unspecified atom stereocenters. The number of esters is 1. The van der Waals surface area contributed by atoms with E-state index in [4.69, 9.17) is 4.74 Å². The minimum atomic E-state index is -0.487. The molecule has 1 N–H and O–H groups in total. The third-order valence-electron chi connectivity index (χ3n) is 6.44. The Hall–Kier alpha value is -3.19. The van der Waals surface area contributed by atoms with Crippen molar-refractivity contribution in [2.24, 2.45) is 0 Å². The Labute approximate surface area is 201 Å². The first-order chi connectivity index (χ1) is 16.5. The van der Waals surface area contributed by atoms with Gasteiger partial charge in [0.25, 0.3) is 11.8 Å². The number of nitrogens with zero attached hydrogens (tertiary/aromatic N) is 2. The number of ether oxygens (including phenoxy) is 1. The molecule has 2 aliphatic rings. The van der Waals surface area contributed by atoms with E-state index in [9.17, 15) is 14.4 Å². The Morgan fingerprint density at radius 1 is 0.971 bits per heavy atom. The van der Waals surface area contributed by atoms with E-state index in [2.05, 4.69) is 22.0 Å². The van der Waals surface area contributed by atoms with Gasteiger partial charge in [0.1, 0.15) is 5.75 Å². The first-order valence-corrected chi connectivity index (χ1v) is 12.2. The number of benzene rings is 2. The molecule has 2 fully saturated rings. The predicted octanol–water partition coefficient (Wildman–Crippen LogP) is 4.34. The van der Waals surface area contributed by atoms with Gasteiger partial charge in [-0.15, -0.1) is 0 Å². The summed E-state index contributed by atoms with van der Waals surface area (Å²) in [7, 11) is 0. The van der Waals surface area contributed by atoms with Gasteiger partial charge in [-0.1, -0.05) is 19.1 Å². The maximum Gasteiger partial charge on any atom is 0.308 e. The Kier molecular flexibility index (Phi) is 7.63. The van der Waals surface area contributed by atoms with Crippen molar-refractivity contribution >= 4 is 23.5 Å². The van der Waals surface area contributed by atoms with Gasteiger partial charge in [0.15, 0.2) is 0 Å². The molecule has 0 bridgehead atoms. The van der Waals surface area contributed by atoms with Crippen molar-refractivity contribution in [2.45, 2.75) is 58.0 Å². The molecule has 7 heteroatoms. The summed E-state index contributed by atoms with van der Waals surface area (Å²) in [6.45, 7) is 6.73. The van der Waals surface area contributed by atoms with Gasteiger partial charge in [0.05, 0.1) is 5.56 Å². The summed E-state index contributed by atoms with van der Waals surface area (Å²) in [6.07, 6.45) is 5.37. The van der Waals surface area contributed by atoms with Crippen LogP contribution in [0.4, 0.5) is 5.69 Å². The lowest BCUT2D eigenvalue weighted by Gasteiger charge is -2.39. The monoisotopic (exact) mass is 463 g/mol. The van der Waals surface area contributed by atoms with Gasteiger partial charge in [0, 0.05) is 43.3 Å². The Morgan fingerprint density at radius 2 is 1.62 bits per heavy atom. The van der Waals surface area contributed by atoms with E-state index in [1.165, 1.54) is 6.92 Å². The van der Waals surface area contributed by atoms with Crippen LogP contribution in [0.3, 0.4) is 0 Å². The minimum Gasteiger partial charge on any atom is -0.426 e. The summed E-state index contributed by atoms with van der Waals surface area (Å²) in [5, 5.41) is 2.82. The van der Waals surface area contributed by atoms with Crippen molar-refractivity contribution in [3.8, 4) is 5.75 Å². The number of likely N-dealkylation sites (tertiary alicyclic amines) is 1. The molecular formula is C27H33N3O4. The summed E-state index contributed by atoms with van der Waals surface area (Å²) in [4.78, 5) is 42.1. The van der Waals surface area contributed by atoms with Crippen LogP contribution in [0.2, 0.25) is 0 Å². The van der Waals surface area contributed by atoms with Crippen LogP contribution in [-0.4, -0.2) is 59.3 Å². The maximum atomic E-state index is 13.4. The molecule has 34 heavy (non-hydrogen) atoms. The molecule has 2 aromatic rings. The van der Waals surface area contributed by atoms with E-state index in [-0.39, 0.29) is 23.1 Å². The molecule has 1 saturated carbocycles. The molecule has 0 spiro atoms. The van der Waals surface area contributed by atoms with E-state index in [1.54, 1.807) is 48.5 Å². The summed E-state index contributed by atoms with van der Waals surface area (Å²) in [5.41, 5.74) is 1.48. The Balaban J connectivity index is 1.41. The van der Waals surface area contributed by atoms with Crippen LogP contribution in [0.5, 0.6) is 5.75 Å². The van der Waals surface area contributed by atoms with Crippen LogP contribution >= 0.6 is 0 Å². The molecule has 2 amide bonds. The first-order valence-electron chi connectivity index (χ1n) is 12.2. The SMILES string of the molecule is CCCN1CCC(N(C(=O)c2ccc(NC(=O)c3ccccc3OC(C)=O)cc2)C2CC2)CC1. The minimum absolute atomic E-state index is 0.0783. The van der Waals surface area contributed by atoms with E-state index in [0.717, 1.165) is 51.7 Å². The molecule has 1 aliphatic heterocycles. The highest BCUT2D eigenvalue weighted by Crippen LogP contribution is 2.33. The summed E-state index contributed by atoms with van der Waals surface area (Å²) < 4.78 is 5.13. The van der Waals surface area contributed by atoms with E-state index in [0.29, 0.717) is 23.3 Å². The highest BCUT2D eigenvalue weighted by molar-refractivity contribution is 6.06. The number of rotatable bonds is 8. The zero-order chi connectivity index (χ0) is 24.1. The van der Waals surface area contributed by atoms with Crippen LogP contribution in [0.25, 0.3) is 0 Å². The van der Waals surface area contributed by atoms with Crippen molar-refractivity contribution in [3.63, 3.8) is 0 Å². The molecular weight excluding hydrogens is 430 g/mol. The number of carbonyl (C=O) groups is 3. The van der Waals surface area contributed by atoms with Crippen molar-refractivity contribution in [3.05, 3.63) is 59.7 Å². The van der Waals surface area contributed by atoms with Gasteiger partial charge in [-0.25, -0.2) is 0 Å². The lowest BCUT2D eigenvalue weighted by molar-refractivity contribution is -0.131. The second-order valence-electron chi connectivity index (χ2n) is 9.14. The quantitative estimate of drug-likeness (QED) is 0.465. The number of hydrogen-bond acceptors (Lipinski definition) is 5. The maximum absolute atomic E-state index is 13.4. The number of piperidine rings is 1. The third-order valence-corrected chi connectivity index (χ3v) is 6.44. The molecule has 0 aromatic heterocycles. The molecule has 0 atom stereocenters. The van der Waals surface area contributed by atoms with Gasteiger partial charge in [-0.05, 0) is 75.0 Å². The topological polar surface area (TPSA) is 78.9 Å². The average molecular weight is 464 g/mol.